The predicted molar refractivity (Wildman–Crippen MR) is 148 cm³/mol. The molecule has 0 spiro atoms. The van der Waals surface area contributed by atoms with Crippen molar-refractivity contribution in [1.29, 1.82) is 0 Å². The van der Waals surface area contributed by atoms with Crippen LogP contribution in [0.3, 0.4) is 0 Å². The molecule has 0 bridgehead atoms. The molecule has 2 atom stereocenters. The molecule has 194 valence electrons. The fraction of sp³-hybridized carbons (Fsp3) is 1.00. The zero-order chi connectivity index (χ0) is 24.6. The van der Waals surface area contributed by atoms with Crippen molar-refractivity contribution in [1.82, 2.24) is 9.80 Å². The van der Waals surface area contributed by atoms with Gasteiger partial charge in [0.1, 0.15) is 0 Å². The minimum atomic E-state index is 0.362. The van der Waals surface area contributed by atoms with E-state index in [0.29, 0.717) is 22.9 Å². The third kappa shape index (κ3) is 13.6. The quantitative estimate of drug-likeness (QED) is 0.160. The lowest BCUT2D eigenvalue weighted by Gasteiger charge is -2.44. The van der Waals surface area contributed by atoms with E-state index in [9.17, 15) is 0 Å². The number of hydrogen-bond acceptors (Lipinski definition) is 2. The highest BCUT2D eigenvalue weighted by atomic mass is 15.1. The minimum Gasteiger partial charge on any atom is -0.306 e. The highest BCUT2D eigenvalue weighted by Crippen LogP contribution is 2.40. The van der Waals surface area contributed by atoms with Crippen LogP contribution in [0.15, 0.2) is 0 Å². The van der Waals surface area contributed by atoms with E-state index in [1.807, 2.05) is 0 Å². The lowest BCUT2D eigenvalue weighted by molar-refractivity contribution is 0.0663. The zero-order valence-corrected chi connectivity index (χ0v) is 24.4. The fourth-order valence-electron chi connectivity index (χ4n) is 5.91. The molecule has 32 heavy (non-hydrogen) atoms. The topological polar surface area (TPSA) is 6.48 Å². The maximum atomic E-state index is 2.53. The molecule has 2 unspecified atom stereocenters. The third-order valence-electron chi connectivity index (χ3n) is 8.13. The minimum absolute atomic E-state index is 0.362. The summed E-state index contributed by atoms with van der Waals surface area (Å²) in [5, 5.41) is 0. The van der Waals surface area contributed by atoms with Gasteiger partial charge < -0.3 is 9.80 Å². The van der Waals surface area contributed by atoms with Crippen LogP contribution in [-0.4, -0.2) is 50.1 Å². The first kappa shape index (κ1) is 31.9. The van der Waals surface area contributed by atoms with Crippen molar-refractivity contribution in [2.45, 2.75) is 156 Å². The Bertz CT molecular complexity index is 385. The number of rotatable bonds is 21. The van der Waals surface area contributed by atoms with Gasteiger partial charge in [-0.1, -0.05) is 119 Å². The zero-order valence-electron chi connectivity index (χ0n) is 24.4. The van der Waals surface area contributed by atoms with Crippen LogP contribution in [0.25, 0.3) is 0 Å². The van der Waals surface area contributed by atoms with Crippen LogP contribution < -0.4 is 0 Å². The van der Waals surface area contributed by atoms with Gasteiger partial charge >= 0.3 is 0 Å². The first-order chi connectivity index (χ1) is 15.0. The van der Waals surface area contributed by atoms with Gasteiger partial charge in [-0.3, -0.25) is 0 Å². The molecule has 0 N–H and O–H groups in total. The van der Waals surface area contributed by atoms with Gasteiger partial charge in [0, 0.05) is 12.1 Å². The number of unbranched alkanes of at least 4 members (excludes halogenated alkanes) is 10. The monoisotopic (exact) mass is 453 g/mol. The molecule has 0 aromatic rings. The molecule has 0 heterocycles. The summed E-state index contributed by atoms with van der Waals surface area (Å²) >= 11 is 0. The molecule has 0 aromatic heterocycles. The summed E-state index contributed by atoms with van der Waals surface area (Å²) in [6, 6.07) is 1.36. The first-order valence-electron chi connectivity index (χ1n) is 14.3. The van der Waals surface area contributed by atoms with Crippen LogP contribution in [0.2, 0.25) is 0 Å². The smallest absolute Gasteiger partial charge is 0.0140 e. The second-order valence-corrected chi connectivity index (χ2v) is 12.5. The molecule has 0 radical (unpaired) electrons. The Morgan fingerprint density at radius 1 is 0.469 bits per heavy atom. The molecule has 0 saturated heterocycles. The summed E-state index contributed by atoms with van der Waals surface area (Å²) in [5.41, 5.74) is 0.725. The van der Waals surface area contributed by atoms with Crippen LogP contribution in [0, 0.1) is 10.8 Å². The molecule has 0 aliphatic heterocycles. The van der Waals surface area contributed by atoms with Gasteiger partial charge in [-0.15, -0.1) is 0 Å². The van der Waals surface area contributed by atoms with Gasteiger partial charge in [0.05, 0.1) is 0 Å². The largest absolute Gasteiger partial charge is 0.306 e. The summed E-state index contributed by atoms with van der Waals surface area (Å²) in [7, 11) is 9.21. The molecular weight excluding hydrogens is 388 g/mol. The highest BCUT2D eigenvalue weighted by Gasteiger charge is 2.36. The molecular formula is C30H64N2. The van der Waals surface area contributed by atoms with Crippen molar-refractivity contribution < 1.29 is 0 Å². The summed E-state index contributed by atoms with van der Waals surface area (Å²) < 4.78 is 0. The van der Waals surface area contributed by atoms with Crippen LogP contribution >= 0.6 is 0 Å². The highest BCUT2D eigenvalue weighted by molar-refractivity contribution is 4.90. The molecule has 0 saturated carbocycles. The van der Waals surface area contributed by atoms with Crippen molar-refractivity contribution >= 4 is 0 Å². The third-order valence-corrected chi connectivity index (χ3v) is 8.13. The normalized spacial score (nSPS) is 15.0. The molecule has 0 aliphatic rings. The summed E-state index contributed by atoms with van der Waals surface area (Å²) in [6.45, 7) is 14.7. The average Bonchev–Trinajstić information content (AvgIpc) is 2.70. The molecule has 0 aromatic carbocycles. The van der Waals surface area contributed by atoms with E-state index in [-0.39, 0.29) is 0 Å². The fourth-order valence-corrected chi connectivity index (χ4v) is 5.91. The Morgan fingerprint density at radius 3 is 1.03 bits per heavy atom. The molecule has 2 heteroatoms. The maximum absolute atomic E-state index is 2.53. The molecule has 0 rings (SSSR count). The lowest BCUT2D eigenvalue weighted by Crippen LogP contribution is -2.44. The standard InChI is InChI=1S/C30H64N2/c1-11-13-15-17-19-21-23-27(31(7)8)29(3,4)25-26-30(5,6)28(32(9)10)24-22-20-18-16-14-12-2/h27-28H,11-26H2,1-10H3. The Hall–Kier alpha value is -0.0800. The molecule has 0 aliphatic carbocycles. The van der Waals surface area contributed by atoms with Gasteiger partial charge in [0.2, 0.25) is 0 Å². The van der Waals surface area contributed by atoms with Crippen LogP contribution in [0.1, 0.15) is 144 Å². The van der Waals surface area contributed by atoms with Crippen molar-refractivity contribution in [3.05, 3.63) is 0 Å². The predicted octanol–water partition coefficient (Wildman–Crippen LogP) is 9.18. The van der Waals surface area contributed by atoms with E-state index in [4.69, 9.17) is 0 Å². The first-order valence-corrected chi connectivity index (χ1v) is 14.3. The van der Waals surface area contributed by atoms with Gasteiger partial charge in [-0.2, -0.15) is 0 Å². The van der Waals surface area contributed by atoms with E-state index < -0.39 is 0 Å². The Morgan fingerprint density at radius 2 is 0.750 bits per heavy atom. The van der Waals surface area contributed by atoms with E-state index in [1.165, 1.54) is 103 Å². The SMILES string of the molecule is CCCCCCCCC(N(C)C)C(C)(C)CCC(C)(C)C(CCCCCCCC)N(C)C. The Labute approximate surface area is 205 Å². The van der Waals surface area contributed by atoms with Crippen LogP contribution in [-0.2, 0) is 0 Å². The van der Waals surface area contributed by atoms with Gasteiger partial charge in [-0.05, 0) is 64.7 Å². The van der Waals surface area contributed by atoms with E-state index in [2.05, 4.69) is 79.5 Å². The number of hydrogen-bond donors (Lipinski definition) is 0. The van der Waals surface area contributed by atoms with Crippen molar-refractivity contribution in [3.63, 3.8) is 0 Å². The summed E-state index contributed by atoms with van der Waals surface area (Å²) in [6.07, 6.45) is 22.1. The van der Waals surface area contributed by atoms with E-state index >= 15 is 0 Å². The molecule has 2 nitrogen and oxygen atoms in total. The number of nitrogens with zero attached hydrogens (tertiary/aromatic N) is 2. The van der Waals surface area contributed by atoms with Crippen LogP contribution in [0.4, 0.5) is 0 Å². The average molecular weight is 453 g/mol. The second kappa shape index (κ2) is 17.4. The summed E-state index contributed by atoms with van der Waals surface area (Å²) in [5.74, 6) is 0. The Kier molecular flexibility index (Phi) is 17.3. The summed E-state index contributed by atoms with van der Waals surface area (Å²) in [4.78, 5) is 5.03. The van der Waals surface area contributed by atoms with Crippen molar-refractivity contribution in [2.75, 3.05) is 28.2 Å². The van der Waals surface area contributed by atoms with Crippen molar-refractivity contribution in [3.8, 4) is 0 Å². The van der Waals surface area contributed by atoms with E-state index in [1.54, 1.807) is 0 Å². The maximum Gasteiger partial charge on any atom is 0.0140 e. The lowest BCUT2D eigenvalue weighted by atomic mass is 9.70. The molecule has 0 amide bonds. The van der Waals surface area contributed by atoms with Crippen LogP contribution in [0.5, 0.6) is 0 Å². The Balaban J connectivity index is 4.74. The van der Waals surface area contributed by atoms with E-state index in [0.717, 1.165) is 0 Å². The van der Waals surface area contributed by atoms with Gasteiger partial charge in [-0.25, -0.2) is 0 Å². The van der Waals surface area contributed by atoms with Gasteiger partial charge in [0.25, 0.3) is 0 Å². The van der Waals surface area contributed by atoms with Gasteiger partial charge in [0.15, 0.2) is 0 Å². The second-order valence-electron chi connectivity index (χ2n) is 12.5. The van der Waals surface area contributed by atoms with Crippen molar-refractivity contribution in [2.24, 2.45) is 10.8 Å². The molecule has 0 fully saturated rings.